The van der Waals surface area contributed by atoms with Crippen molar-refractivity contribution >= 4 is 11.9 Å². The predicted octanol–water partition coefficient (Wildman–Crippen LogP) is 1.21. The van der Waals surface area contributed by atoms with E-state index in [1.807, 2.05) is 0 Å². The van der Waals surface area contributed by atoms with Crippen molar-refractivity contribution in [3.8, 4) is 0 Å². The van der Waals surface area contributed by atoms with E-state index in [1.54, 1.807) is 0 Å². The Balaban J connectivity index is 1.66. The topological polar surface area (TPSA) is 61.9 Å². The van der Waals surface area contributed by atoms with Gasteiger partial charge in [0.15, 0.2) is 0 Å². The van der Waals surface area contributed by atoms with Crippen molar-refractivity contribution in [1.29, 1.82) is 0 Å². The van der Waals surface area contributed by atoms with Crippen molar-refractivity contribution in [3.05, 3.63) is 0 Å². The monoisotopic (exact) mass is 309 g/mol. The minimum atomic E-state index is -0.650. The molecular formula is C16H27N3O3. The molecule has 3 aliphatic heterocycles. The third-order valence-electron chi connectivity index (χ3n) is 5.08. The first-order valence-electron chi connectivity index (χ1n) is 8.48. The van der Waals surface area contributed by atoms with Crippen LogP contribution in [-0.4, -0.2) is 66.2 Å². The van der Waals surface area contributed by atoms with Gasteiger partial charge in [-0.1, -0.05) is 13.8 Å². The lowest BCUT2D eigenvalue weighted by atomic mass is 9.86. The van der Waals surface area contributed by atoms with Crippen LogP contribution in [0, 0.1) is 5.92 Å². The Kier molecular flexibility index (Phi) is 4.41. The van der Waals surface area contributed by atoms with Crippen molar-refractivity contribution in [2.24, 2.45) is 5.92 Å². The highest BCUT2D eigenvalue weighted by molar-refractivity contribution is 6.07. The van der Waals surface area contributed by atoms with Crippen molar-refractivity contribution in [3.63, 3.8) is 0 Å². The van der Waals surface area contributed by atoms with Gasteiger partial charge in [-0.2, -0.15) is 0 Å². The highest BCUT2D eigenvalue weighted by Gasteiger charge is 2.54. The van der Waals surface area contributed by atoms with E-state index in [0.717, 1.165) is 45.3 Å². The van der Waals surface area contributed by atoms with Gasteiger partial charge < -0.3 is 15.0 Å². The molecule has 0 aliphatic carbocycles. The molecule has 3 rings (SSSR count). The van der Waals surface area contributed by atoms with E-state index in [1.165, 1.54) is 4.90 Å². The number of urea groups is 1. The fraction of sp³-hybridized carbons (Fsp3) is 0.875. The van der Waals surface area contributed by atoms with Crippen LogP contribution in [0.5, 0.6) is 0 Å². The molecule has 3 amide bonds. The summed E-state index contributed by atoms with van der Waals surface area (Å²) in [5.41, 5.74) is -0.650. The number of piperidine rings is 1. The number of hydrogen-bond acceptors (Lipinski definition) is 4. The maximum atomic E-state index is 12.9. The second-order valence-electron chi connectivity index (χ2n) is 7.23. The van der Waals surface area contributed by atoms with Crippen LogP contribution in [0.3, 0.4) is 0 Å². The second-order valence-corrected chi connectivity index (χ2v) is 7.23. The molecular weight excluding hydrogens is 282 g/mol. The fourth-order valence-corrected chi connectivity index (χ4v) is 3.89. The summed E-state index contributed by atoms with van der Waals surface area (Å²) in [7, 11) is 0. The molecule has 124 valence electrons. The van der Waals surface area contributed by atoms with E-state index in [0.29, 0.717) is 19.1 Å². The second kappa shape index (κ2) is 6.16. The Morgan fingerprint density at radius 2 is 1.86 bits per heavy atom. The fourth-order valence-electron chi connectivity index (χ4n) is 3.89. The van der Waals surface area contributed by atoms with E-state index in [2.05, 4.69) is 24.1 Å². The van der Waals surface area contributed by atoms with Crippen molar-refractivity contribution < 1.29 is 14.3 Å². The summed E-state index contributed by atoms with van der Waals surface area (Å²) >= 11 is 0. The van der Waals surface area contributed by atoms with Crippen LogP contribution in [0.25, 0.3) is 0 Å². The third kappa shape index (κ3) is 2.86. The molecule has 0 bridgehead atoms. The van der Waals surface area contributed by atoms with Gasteiger partial charge in [0.05, 0.1) is 0 Å². The molecule has 3 heterocycles. The molecule has 1 spiro atoms. The summed E-state index contributed by atoms with van der Waals surface area (Å²) < 4.78 is 5.34. The smallest absolute Gasteiger partial charge is 0.325 e. The quantitative estimate of drug-likeness (QED) is 0.796. The minimum absolute atomic E-state index is 0.00593. The largest absolute Gasteiger partial charge is 0.381 e. The molecule has 0 aromatic rings. The zero-order valence-corrected chi connectivity index (χ0v) is 13.6. The van der Waals surface area contributed by atoms with Gasteiger partial charge in [0.1, 0.15) is 5.54 Å². The molecule has 6 nitrogen and oxygen atoms in total. The van der Waals surface area contributed by atoms with E-state index in [-0.39, 0.29) is 18.0 Å². The lowest BCUT2D eigenvalue weighted by Gasteiger charge is -2.38. The lowest BCUT2D eigenvalue weighted by molar-refractivity contribution is -0.135. The number of hydrogen-bond donors (Lipinski definition) is 1. The van der Waals surface area contributed by atoms with Crippen molar-refractivity contribution in [2.45, 2.75) is 51.1 Å². The number of carbonyl (C=O) groups excluding carboxylic acids is 2. The maximum Gasteiger partial charge on any atom is 0.325 e. The Morgan fingerprint density at radius 1 is 1.23 bits per heavy atom. The molecule has 0 radical (unpaired) electrons. The molecule has 1 N–H and O–H groups in total. The van der Waals surface area contributed by atoms with Crippen LogP contribution in [-0.2, 0) is 9.53 Å². The number of likely N-dealkylation sites (tertiary alicyclic amines) is 1. The number of imide groups is 1. The molecule has 0 atom stereocenters. The van der Waals surface area contributed by atoms with Gasteiger partial charge in [-0.25, -0.2) is 4.79 Å². The lowest BCUT2D eigenvalue weighted by Crippen LogP contribution is -2.55. The molecule has 6 heteroatoms. The molecule has 0 aromatic carbocycles. The van der Waals surface area contributed by atoms with Gasteiger partial charge in [0.2, 0.25) is 0 Å². The van der Waals surface area contributed by atoms with Gasteiger partial charge in [-0.05, 0) is 31.6 Å². The number of ether oxygens (including phenoxy) is 1. The predicted molar refractivity (Wildman–Crippen MR) is 82.5 cm³/mol. The number of nitrogens with zero attached hydrogens (tertiary/aromatic N) is 2. The SMILES string of the molecule is CC(C)CN1CCC2(CC1)NC(=O)N(C1CCOCC1)C2=O. The Morgan fingerprint density at radius 3 is 2.45 bits per heavy atom. The van der Waals surface area contributed by atoms with Crippen LogP contribution >= 0.6 is 0 Å². The van der Waals surface area contributed by atoms with Crippen LogP contribution in [0.15, 0.2) is 0 Å². The zero-order chi connectivity index (χ0) is 15.7. The number of nitrogens with one attached hydrogen (secondary N) is 1. The summed E-state index contributed by atoms with van der Waals surface area (Å²) in [6.07, 6.45) is 2.97. The van der Waals surface area contributed by atoms with Gasteiger partial charge >= 0.3 is 6.03 Å². The maximum absolute atomic E-state index is 12.9. The van der Waals surface area contributed by atoms with Crippen molar-refractivity contribution in [1.82, 2.24) is 15.1 Å². The number of carbonyl (C=O) groups is 2. The molecule has 3 aliphatic rings. The Labute approximate surface area is 132 Å². The van der Waals surface area contributed by atoms with Gasteiger partial charge in [-0.3, -0.25) is 9.69 Å². The average molecular weight is 309 g/mol. The van der Waals surface area contributed by atoms with Crippen LogP contribution < -0.4 is 5.32 Å². The van der Waals surface area contributed by atoms with Crippen molar-refractivity contribution in [2.75, 3.05) is 32.8 Å². The number of rotatable bonds is 3. The molecule has 3 saturated heterocycles. The Hall–Kier alpha value is -1.14. The summed E-state index contributed by atoms with van der Waals surface area (Å²) in [5, 5.41) is 3.01. The van der Waals surface area contributed by atoms with E-state index < -0.39 is 5.54 Å². The molecule has 22 heavy (non-hydrogen) atoms. The first-order chi connectivity index (χ1) is 10.5. The molecule has 0 unspecified atom stereocenters. The average Bonchev–Trinajstić information content (AvgIpc) is 2.73. The molecule has 3 fully saturated rings. The standard InChI is InChI=1S/C16H27N3O3/c1-12(2)11-18-7-5-16(6-8-18)14(20)19(15(21)17-16)13-3-9-22-10-4-13/h12-13H,3-11H2,1-2H3,(H,17,21). The highest BCUT2D eigenvalue weighted by Crippen LogP contribution is 2.32. The van der Waals surface area contributed by atoms with Crippen LogP contribution in [0.2, 0.25) is 0 Å². The van der Waals surface area contributed by atoms with Crippen LogP contribution in [0.1, 0.15) is 39.5 Å². The van der Waals surface area contributed by atoms with Gasteiger partial charge in [0.25, 0.3) is 5.91 Å². The third-order valence-corrected chi connectivity index (χ3v) is 5.08. The summed E-state index contributed by atoms with van der Waals surface area (Å²) in [4.78, 5) is 29.1. The van der Waals surface area contributed by atoms with Gasteiger partial charge in [0, 0.05) is 38.9 Å². The summed E-state index contributed by atoms with van der Waals surface area (Å²) in [6, 6.07) is -0.191. The van der Waals surface area contributed by atoms with Crippen LogP contribution in [0.4, 0.5) is 4.79 Å². The van der Waals surface area contributed by atoms with E-state index in [4.69, 9.17) is 4.74 Å². The minimum Gasteiger partial charge on any atom is -0.381 e. The van der Waals surface area contributed by atoms with Gasteiger partial charge in [-0.15, -0.1) is 0 Å². The summed E-state index contributed by atoms with van der Waals surface area (Å²) in [6.45, 7) is 8.51. The summed E-state index contributed by atoms with van der Waals surface area (Å²) in [5.74, 6) is 0.621. The first-order valence-corrected chi connectivity index (χ1v) is 8.48. The number of amides is 3. The molecule has 0 aromatic heterocycles. The highest BCUT2D eigenvalue weighted by atomic mass is 16.5. The first kappa shape index (κ1) is 15.7. The Bertz CT molecular complexity index is 438. The van der Waals surface area contributed by atoms with E-state index >= 15 is 0 Å². The van der Waals surface area contributed by atoms with E-state index in [9.17, 15) is 9.59 Å². The normalized spacial score (nSPS) is 27.0. The molecule has 0 saturated carbocycles. The zero-order valence-electron chi connectivity index (χ0n) is 13.6.